The molecule has 1 aliphatic heterocycles. The molecule has 3 rings (SSSR count). The fourth-order valence-corrected chi connectivity index (χ4v) is 4.54. The third-order valence-electron chi connectivity index (χ3n) is 5.99. The number of carbonyl (C=O) groups is 2. The molecule has 2 atom stereocenters. The van der Waals surface area contributed by atoms with E-state index in [-0.39, 0.29) is 17.7 Å². The second-order valence-corrected chi connectivity index (χ2v) is 9.84. The molecule has 0 N–H and O–H groups in total. The first-order chi connectivity index (χ1) is 13.8. The van der Waals surface area contributed by atoms with Gasteiger partial charge in [-0.1, -0.05) is 31.0 Å². The van der Waals surface area contributed by atoms with Gasteiger partial charge in [0.2, 0.25) is 0 Å². The van der Waals surface area contributed by atoms with Crippen LogP contribution < -0.4 is 0 Å². The number of ether oxygens (including phenoxy) is 3. The first-order valence-corrected chi connectivity index (χ1v) is 10.4. The molecule has 30 heavy (non-hydrogen) atoms. The Bertz CT molecular complexity index is 966. The minimum atomic E-state index is -0.607. The fourth-order valence-electron chi connectivity index (χ4n) is 4.33. The van der Waals surface area contributed by atoms with Crippen molar-refractivity contribution in [2.45, 2.75) is 60.2 Å². The van der Waals surface area contributed by atoms with Gasteiger partial charge in [0.05, 0.1) is 29.2 Å². The molecule has 0 bridgehead atoms. The molecule has 2 unspecified atom stereocenters. The summed E-state index contributed by atoms with van der Waals surface area (Å²) in [5, 5.41) is 0.401. The molecule has 2 aliphatic carbocycles. The van der Waals surface area contributed by atoms with Gasteiger partial charge in [-0.25, -0.2) is 4.79 Å². The highest BCUT2D eigenvalue weighted by atomic mass is 35.5. The van der Waals surface area contributed by atoms with Crippen molar-refractivity contribution in [1.29, 1.82) is 0 Å². The first-order valence-electron chi connectivity index (χ1n) is 10.0. The van der Waals surface area contributed by atoms with Gasteiger partial charge in [-0.15, -0.1) is 0 Å². The smallest absolute Gasteiger partial charge is 0.339 e. The lowest BCUT2D eigenvalue weighted by molar-refractivity contribution is -0.149. The molecule has 0 saturated carbocycles. The Morgan fingerprint density at radius 2 is 1.83 bits per heavy atom. The van der Waals surface area contributed by atoms with Crippen LogP contribution in [0, 0.1) is 11.3 Å². The topological polar surface area (TPSA) is 61.8 Å². The van der Waals surface area contributed by atoms with Gasteiger partial charge in [0.25, 0.3) is 0 Å². The van der Waals surface area contributed by atoms with Gasteiger partial charge in [-0.05, 0) is 52.8 Å². The molecular formula is C24H29ClO5. The van der Waals surface area contributed by atoms with Crippen LogP contribution in [-0.2, 0) is 23.8 Å². The zero-order chi connectivity index (χ0) is 22.6. The number of ketones is 1. The SMILES string of the molecule is COC1=C(C)C(C(=O)OC(C)(C)C)=C(C)C(C)(C)C1C1C=C2C(=O)C=CC(Cl)=C2O1. The molecule has 5 nitrogen and oxygen atoms in total. The number of halogens is 1. The van der Waals surface area contributed by atoms with E-state index in [9.17, 15) is 9.59 Å². The lowest BCUT2D eigenvalue weighted by Gasteiger charge is -2.43. The molecule has 0 radical (unpaired) electrons. The van der Waals surface area contributed by atoms with Crippen LogP contribution in [0.2, 0.25) is 0 Å². The van der Waals surface area contributed by atoms with E-state index >= 15 is 0 Å². The van der Waals surface area contributed by atoms with Gasteiger partial charge < -0.3 is 14.2 Å². The van der Waals surface area contributed by atoms with E-state index in [2.05, 4.69) is 0 Å². The van der Waals surface area contributed by atoms with E-state index in [1.165, 1.54) is 6.08 Å². The lowest BCUT2D eigenvalue weighted by atomic mass is 9.64. The minimum Gasteiger partial charge on any atom is -0.500 e. The van der Waals surface area contributed by atoms with Gasteiger partial charge in [-0.2, -0.15) is 0 Å². The fraction of sp³-hybridized carbons (Fsp3) is 0.500. The summed E-state index contributed by atoms with van der Waals surface area (Å²) in [7, 11) is 1.59. The average Bonchev–Trinajstić information content (AvgIpc) is 3.06. The van der Waals surface area contributed by atoms with E-state index in [4.69, 9.17) is 25.8 Å². The number of carbonyl (C=O) groups excluding carboxylic acids is 2. The molecule has 6 heteroatoms. The van der Waals surface area contributed by atoms with Crippen molar-refractivity contribution in [3.63, 3.8) is 0 Å². The average molecular weight is 433 g/mol. The second-order valence-electron chi connectivity index (χ2n) is 9.43. The predicted molar refractivity (Wildman–Crippen MR) is 116 cm³/mol. The van der Waals surface area contributed by atoms with Gasteiger partial charge in [0, 0.05) is 11.0 Å². The maximum atomic E-state index is 13.0. The highest BCUT2D eigenvalue weighted by Crippen LogP contribution is 2.52. The maximum Gasteiger partial charge on any atom is 0.339 e. The van der Waals surface area contributed by atoms with Gasteiger partial charge in [0.1, 0.15) is 23.2 Å². The maximum absolute atomic E-state index is 13.0. The number of hydrogen-bond donors (Lipinski definition) is 0. The molecule has 0 aromatic heterocycles. The molecule has 162 valence electrons. The zero-order valence-corrected chi connectivity index (χ0v) is 19.6. The second kappa shape index (κ2) is 7.45. The summed E-state index contributed by atoms with van der Waals surface area (Å²) < 4.78 is 17.6. The van der Waals surface area contributed by atoms with Crippen LogP contribution in [0.3, 0.4) is 0 Å². The highest BCUT2D eigenvalue weighted by Gasteiger charge is 2.49. The van der Waals surface area contributed by atoms with Crippen LogP contribution in [0.5, 0.6) is 0 Å². The Balaban J connectivity index is 2.08. The molecule has 3 aliphatic rings. The molecule has 0 fully saturated rings. The van der Waals surface area contributed by atoms with Crippen molar-refractivity contribution < 1.29 is 23.8 Å². The molecule has 0 spiro atoms. The molecule has 0 amide bonds. The summed E-state index contributed by atoms with van der Waals surface area (Å²) >= 11 is 6.27. The van der Waals surface area contributed by atoms with E-state index in [0.29, 0.717) is 27.7 Å². The van der Waals surface area contributed by atoms with Gasteiger partial charge in [-0.3, -0.25) is 4.79 Å². The first kappa shape index (κ1) is 22.4. The molecule has 0 aromatic carbocycles. The lowest BCUT2D eigenvalue weighted by Crippen LogP contribution is -2.41. The number of fused-ring (bicyclic) bond motifs is 1. The van der Waals surface area contributed by atoms with Crippen LogP contribution in [-0.4, -0.2) is 30.6 Å². The molecule has 1 heterocycles. The van der Waals surface area contributed by atoms with Crippen LogP contribution in [0.15, 0.2) is 57.1 Å². The van der Waals surface area contributed by atoms with Crippen molar-refractivity contribution in [2.24, 2.45) is 11.3 Å². The van der Waals surface area contributed by atoms with Crippen molar-refractivity contribution in [2.75, 3.05) is 7.11 Å². The van der Waals surface area contributed by atoms with Crippen LogP contribution in [0.25, 0.3) is 0 Å². The van der Waals surface area contributed by atoms with Gasteiger partial charge in [0.15, 0.2) is 5.78 Å². The van der Waals surface area contributed by atoms with E-state index < -0.39 is 17.1 Å². The Morgan fingerprint density at radius 1 is 1.20 bits per heavy atom. The summed E-state index contributed by atoms with van der Waals surface area (Å²) in [6, 6.07) is 0. The molecule has 0 saturated heterocycles. The molecular weight excluding hydrogens is 404 g/mol. The van der Waals surface area contributed by atoms with E-state index in [1.807, 2.05) is 54.5 Å². The number of allylic oxidation sites excluding steroid dienone is 5. The Hall–Kier alpha value is -2.27. The summed E-state index contributed by atoms with van der Waals surface area (Å²) in [6.07, 6.45) is 4.35. The van der Waals surface area contributed by atoms with Crippen molar-refractivity contribution >= 4 is 23.4 Å². The summed E-state index contributed by atoms with van der Waals surface area (Å²) in [4.78, 5) is 25.3. The number of hydrogen-bond acceptors (Lipinski definition) is 5. The highest BCUT2D eigenvalue weighted by molar-refractivity contribution is 6.33. The minimum absolute atomic E-state index is 0.133. The normalized spacial score (nSPS) is 25.9. The monoisotopic (exact) mass is 432 g/mol. The summed E-state index contributed by atoms with van der Waals surface area (Å²) in [5.41, 5.74) is 1.49. The van der Waals surface area contributed by atoms with E-state index in [0.717, 1.165) is 11.1 Å². The quantitative estimate of drug-likeness (QED) is 0.578. The van der Waals surface area contributed by atoms with Crippen molar-refractivity contribution in [3.05, 3.63) is 57.1 Å². The third kappa shape index (κ3) is 3.64. The van der Waals surface area contributed by atoms with Gasteiger partial charge >= 0.3 is 5.97 Å². The van der Waals surface area contributed by atoms with Crippen LogP contribution >= 0.6 is 11.6 Å². The Kier molecular flexibility index (Phi) is 5.57. The van der Waals surface area contributed by atoms with Crippen LogP contribution in [0.1, 0.15) is 48.5 Å². The number of esters is 1. The van der Waals surface area contributed by atoms with Crippen molar-refractivity contribution in [3.8, 4) is 0 Å². The van der Waals surface area contributed by atoms with Crippen LogP contribution in [0.4, 0.5) is 0 Å². The largest absolute Gasteiger partial charge is 0.500 e. The number of methoxy groups -OCH3 is 1. The third-order valence-corrected chi connectivity index (χ3v) is 6.29. The Labute approximate surface area is 183 Å². The molecule has 0 aromatic rings. The predicted octanol–water partition coefficient (Wildman–Crippen LogP) is 5.14. The summed E-state index contributed by atoms with van der Waals surface area (Å²) in [6.45, 7) is 13.4. The standard InChI is InChI=1S/C24H29ClO5/c1-12-18(22(27)30-23(3,4)5)13(2)24(6,7)19(20(12)28-8)17-11-14-16(26)10-9-15(25)21(14)29-17/h9-11,17,19H,1-8H3. The summed E-state index contributed by atoms with van der Waals surface area (Å²) in [5.74, 6) is 0.285. The van der Waals surface area contributed by atoms with Crippen molar-refractivity contribution in [1.82, 2.24) is 0 Å². The van der Waals surface area contributed by atoms with E-state index in [1.54, 1.807) is 13.2 Å². The zero-order valence-electron chi connectivity index (χ0n) is 18.8. The number of rotatable bonds is 3. The Morgan fingerprint density at radius 3 is 2.37 bits per heavy atom.